The zero-order chi connectivity index (χ0) is 30.5. The number of nitrogens with zero attached hydrogens (tertiary/aromatic N) is 6. The van der Waals surface area contributed by atoms with Gasteiger partial charge in [0, 0.05) is 73.8 Å². The van der Waals surface area contributed by atoms with Crippen LogP contribution in [0, 0.1) is 11.7 Å². The van der Waals surface area contributed by atoms with E-state index < -0.39 is 12.0 Å². The Labute approximate surface area is 264 Å². The highest BCUT2D eigenvalue weighted by atomic mass is 35.5. The molecule has 5 aliphatic rings. The second-order valence-corrected chi connectivity index (χ2v) is 13.4. The molecule has 238 valence electrons. The van der Waals surface area contributed by atoms with Gasteiger partial charge in [0.15, 0.2) is 5.82 Å². The fraction of sp³-hybridized carbons (Fsp3) is 0.562. The number of aromatic amines is 1. The molecule has 6 bridgehead atoms. The van der Waals surface area contributed by atoms with E-state index in [0.717, 1.165) is 56.3 Å². The van der Waals surface area contributed by atoms with Gasteiger partial charge in [-0.3, -0.25) is 15.0 Å². The lowest BCUT2D eigenvalue weighted by Gasteiger charge is -2.31. The van der Waals surface area contributed by atoms with E-state index in [-0.39, 0.29) is 35.3 Å². The highest BCUT2D eigenvalue weighted by molar-refractivity contribution is 6.33. The predicted octanol–water partition coefficient (Wildman–Crippen LogP) is 4.69. The maximum atomic E-state index is 17.0. The number of alkyl halides is 1. The SMILES string of the molecule is Fc1c2ncc3c(nc(OC[C@@]45CCCN4C[C@H](F)C5)nc13)N1CCNC[C@@H](COCCCCc3c(Cl)cc4[nH]ncc4c3-2)C1. The maximum absolute atomic E-state index is 17.0. The van der Waals surface area contributed by atoms with E-state index in [9.17, 15) is 4.39 Å². The van der Waals surface area contributed by atoms with Crippen LogP contribution in [-0.4, -0.2) is 101 Å². The standard InChI is InChI=1S/C32H37ClF2N8O2/c33-24-10-25-22(14-38-41-25)26-21(24)4-1-2-9-44-17-19-12-36-6-8-42(15-19)30-23-13-37-29(26)27(35)28(23)39-31(40-30)45-18-32-5-3-7-43(32)16-20(34)11-32/h10,13-14,19-20,36H,1-9,11-12,15-18H2,(H,38,41)/t19-,20-,32+/m1/s1. The van der Waals surface area contributed by atoms with E-state index >= 15 is 4.39 Å². The number of halogens is 3. The lowest BCUT2D eigenvalue weighted by molar-refractivity contribution is 0.0993. The molecule has 4 aromatic rings. The molecule has 0 unspecified atom stereocenters. The Morgan fingerprint density at radius 1 is 1.13 bits per heavy atom. The van der Waals surface area contributed by atoms with Crippen LogP contribution >= 0.6 is 11.6 Å². The van der Waals surface area contributed by atoms with Crippen molar-refractivity contribution in [1.29, 1.82) is 0 Å². The van der Waals surface area contributed by atoms with Crippen molar-refractivity contribution >= 4 is 39.2 Å². The second-order valence-electron chi connectivity index (χ2n) is 13.0. The molecular weight excluding hydrogens is 602 g/mol. The number of hydrogen-bond acceptors (Lipinski definition) is 9. The average Bonchev–Trinajstić information content (AvgIpc) is 3.67. The van der Waals surface area contributed by atoms with E-state index in [4.69, 9.17) is 31.0 Å². The van der Waals surface area contributed by atoms with Crippen LogP contribution in [-0.2, 0) is 11.2 Å². The third-order valence-electron chi connectivity index (χ3n) is 10.00. The average molecular weight is 639 g/mol. The zero-order valence-electron chi connectivity index (χ0n) is 25.1. The van der Waals surface area contributed by atoms with Crippen molar-refractivity contribution in [3.05, 3.63) is 34.9 Å². The number of pyridine rings is 1. The number of H-pyrrole nitrogens is 1. The summed E-state index contributed by atoms with van der Waals surface area (Å²) in [4.78, 5) is 18.6. The normalized spacial score (nSPS) is 26.1. The number of nitrogens with one attached hydrogen (secondary N) is 2. The summed E-state index contributed by atoms with van der Waals surface area (Å²) in [5.41, 5.74) is 2.05. The monoisotopic (exact) mass is 638 g/mol. The molecule has 2 N–H and O–H groups in total. The molecule has 10 nitrogen and oxygen atoms in total. The van der Waals surface area contributed by atoms with Crippen molar-refractivity contribution in [3.8, 4) is 17.3 Å². The molecule has 1 aromatic carbocycles. The lowest BCUT2D eigenvalue weighted by atomic mass is 9.95. The topological polar surface area (TPSA) is 104 Å². The molecule has 3 fully saturated rings. The van der Waals surface area contributed by atoms with Crippen molar-refractivity contribution in [2.75, 3.05) is 64.0 Å². The molecular formula is C32H37ClF2N8O2. The van der Waals surface area contributed by atoms with E-state index in [1.54, 1.807) is 12.4 Å². The van der Waals surface area contributed by atoms with Gasteiger partial charge in [-0.15, -0.1) is 0 Å². The number of hydrogen-bond donors (Lipinski definition) is 2. The Balaban J connectivity index is 1.29. The minimum Gasteiger partial charge on any atom is -0.461 e. The first-order chi connectivity index (χ1) is 22.0. The van der Waals surface area contributed by atoms with Crippen molar-refractivity contribution < 1.29 is 18.3 Å². The summed E-state index contributed by atoms with van der Waals surface area (Å²) in [6.07, 6.45) is 7.06. The molecule has 0 radical (unpaired) electrons. The molecule has 0 amide bonds. The Kier molecular flexibility index (Phi) is 7.71. The minimum absolute atomic E-state index is 0.0861. The summed E-state index contributed by atoms with van der Waals surface area (Å²) in [7, 11) is 0. The predicted molar refractivity (Wildman–Crippen MR) is 168 cm³/mol. The second kappa shape index (κ2) is 11.9. The number of anilines is 1. The van der Waals surface area contributed by atoms with Crippen LogP contribution in [0.25, 0.3) is 33.1 Å². The maximum Gasteiger partial charge on any atom is 0.319 e. The molecule has 0 spiro atoms. The van der Waals surface area contributed by atoms with Crippen LogP contribution in [0.3, 0.4) is 0 Å². The molecule has 8 heterocycles. The van der Waals surface area contributed by atoms with E-state index in [0.29, 0.717) is 73.0 Å². The molecule has 0 saturated carbocycles. The fourth-order valence-electron chi connectivity index (χ4n) is 7.81. The summed E-state index contributed by atoms with van der Waals surface area (Å²) in [6.45, 7) is 5.66. The quantitative estimate of drug-likeness (QED) is 0.331. The number of benzene rings is 1. The number of rotatable bonds is 3. The lowest BCUT2D eigenvalue weighted by Crippen LogP contribution is -2.43. The van der Waals surface area contributed by atoms with Gasteiger partial charge in [0.25, 0.3) is 0 Å². The van der Waals surface area contributed by atoms with Crippen molar-refractivity contribution in [3.63, 3.8) is 0 Å². The summed E-state index contributed by atoms with van der Waals surface area (Å²) in [5.74, 6) is 0.226. The van der Waals surface area contributed by atoms with Crippen LogP contribution in [0.2, 0.25) is 5.02 Å². The third kappa shape index (κ3) is 5.29. The number of fused-ring (bicyclic) bond motifs is 8. The summed E-state index contributed by atoms with van der Waals surface area (Å²) in [5, 5.41) is 12.5. The Hall–Kier alpha value is -3.19. The van der Waals surface area contributed by atoms with E-state index in [1.807, 2.05) is 6.07 Å². The van der Waals surface area contributed by atoms with Crippen LogP contribution < -0.4 is 15.0 Å². The van der Waals surface area contributed by atoms with E-state index in [2.05, 4.69) is 30.3 Å². The Morgan fingerprint density at radius 3 is 3.00 bits per heavy atom. The molecule has 0 aliphatic carbocycles. The smallest absolute Gasteiger partial charge is 0.319 e. The molecule has 3 atom stereocenters. The van der Waals surface area contributed by atoms with Crippen molar-refractivity contribution in [1.82, 2.24) is 35.4 Å². The first-order valence-corrected chi connectivity index (χ1v) is 16.4. The van der Waals surface area contributed by atoms with Crippen LogP contribution in [0.4, 0.5) is 14.6 Å². The van der Waals surface area contributed by atoms with Gasteiger partial charge in [-0.05, 0) is 50.3 Å². The summed E-state index contributed by atoms with van der Waals surface area (Å²) >= 11 is 6.83. The molecule has 5 aliphatic heterocycles. The zero-order valence-corrected chi connectivity index (χ0v) is 25.9. The van der Waals surface area contributed by atoms with Gasteiger partial charge >= 0.3 is 6.01 Å². The summed E-state index contributed by atoms with van der Waals surface area (Å²) < 4.78 is 44.0. The highest BCUT2D eigenvalue weighted by Crippen LogP contribution is 2.42. The molecule has 9 rings (SSSR count). The van der Waals surface area contributed by atoms with Gasteiger partial charge in [0.1, 0.15) is 29.8 Å². The van der Waals surface area contributed by atoms with Gasteiger partial charge in [0.05, 0.1) is 29.2 Å². The van der Waals surface area contributed by atoms with Crippen LogP contribution in [0.15, 0.2) is 18.5 Å². The number of ether oxygens (including phenoxy) is 2. The third-order valence-corrected chi connectivity index (χ3v) is 10.3. The largest absolute Gasteiger partial charge is 0.461 e. The van der Waals surface area contributed by atoms with Gasteiger partial charge in [-0.2, -0.15) is 15.1 Å². The minimum atomic E-state index is -0.879. The van der Waals surface area contributed by atoms with E-state index in [1.165, 1.54) is 0 Å². The fourth-order valence-corrected chi connectivity index (χ4v) is 8.11. The molecule has 3 saturated heterocycles. The van der Waals surface area contributed by atoms with Crippen LogP contribution in [0.5, 0.6) is 6.01 Å². The first kappa shape index (κ1) is 29.2. The molecule has 45 heavy (non-hydrogen) atoms. The summed E-state index contributed by atoms with van der Waals surface area (Å²) in [6, 6.07) is 1.92. The van der Waals surface area contributed by atoms with Crippen molar-refractivity contribution in [2.24, 2.45) is 5.92 Å². The Bertz CT molecular complexity index is 1740. The highest BCUT2D eigenvalue weighted by Gasteiger charge is 2.49. The first-order valence-electron chi connectivity index (χ1n) is 16.1. The van der Waals surface area contributed by atoms with Gasteiger partial charge < -0.3 is 19.7 Å². The molecule has 3 aromatic heterocycles. The van der Waals surface area contributed by atoms with Gasteiger partial charge in [-0.1, -0.05) is 11.6 Å². The van der Waals surface area contributed by atoms with Gasteiger partial charge in [0.2, 0.25) is 0 Å². The van der Waals surface area contributed by atoms with Crippen LogP contribution in [0.1, 0.15) is 37.7 Å². The van der Waals surface area contributed by atoms with Gasteiger partial charge in [-0.25, -0.2) is 8.78 Å². The van der Waals surface area contributed by atoms with Crippen molar-refractivity contribution in [2.45, 2.75) is 50.2 Å². The molecule has 13 heteroatoms. The number of aromatic nitrogens is 5. The Morgan fingerprint density at radius 2 is 2.07 bits per heavy atom.